The number of halogens is 2. The number of nitrogen functional groups attached to an aromatic ring is 1. The van der Waals surface area contributed by atoms with Crippen LogP contribution >= 0.6 is 11.6 Å². The van der Waals surface area contributed by atoms with Crippen LogP contribution < -0.4 is 5.73 Å². The van der Waals surface area contributed by atoms with Crippen molar-refractivity contribution >= 4 is 28.6 Å². The number of hydrogen-bond donors (Lipinski definition) is 1. The Hall–Kier alpha value is -1.29. The molecule has 2 aromatic rings. The average molecular weight is 282 g/mol. The quantitative estimate of drug-likeness (QED) is 0.853. The van der Waals surface area contributed by atoms with Gasteiger partial charge < -0.3 is 10.3 Å². The number of fused-ring (bicyclic) bond motifs is 1. The van der Waals surface area contributed by atoms with Crippen LogP contribution in [0.4, 0.5) is 10.3 Å². The van der Waals surface area contributed by atoms with Gasteiger partial charge in [-0.2, -0.15) is 0 Å². The molecule has 1 saturated carbocycles. The topological polar surface area (TPSA) is 43.8 Å². The summed E-state index contributed by atoms with van der Waals surface area (Å²) in [6, 6.07) is 3.27. The number of aromatic nitrogens is 2. The van der Waals surface area contributed by atoms with Gasteiger partial charge in [0.1, 0.15) is 5.82 Å². The fourth-order valence-corrected chi connectivity index (χ4v) is 3.27. The highest BCUT2D eigenvalue weighted by Gasteiger charge is 2.33. The minimum atomic E-state index is -0.424. The molecule has 0 amide bonds. The van der Waals surface area contributed by atoms with Gasteiger partial charge in [-0.15, -0.1) is 0 Å². The van der Waals surface area contributed by atoms with Crippen molar-refractivity contribution in [2.45, 2.75) is 39.2 Å². The summed E-state index contributed by atoms with van der Waals surface area (Å²) >= 11 is 5.79. The molecule has 1 fully saturated rings. The molecule has 19 heavy (non-hydrogen) atoms. The summed E-state index contributed by atoms with van der Waals surface area (Å²) in [7, 11) is 0. The highest BCUT2D eigenvalue weighted by atomic mass is 35.5. The SMILES string of the molecule is CC1(C)CCC(n2c(N)nc3cc(Cl)c(F)cc32)C1. The second kappa shape index (κ2) is 4.10. The molecule has 2 N–H and O–H groups in total. The Labute approximate surface area is 116 Å². The van der Waals surface area contributed by atoms with E-state index in [1.807, 2.05) is 4.57 Å². The molecule has 1 atom stereocenters. The van der Waals surface area contributed by atoms with Gasteiger partial charge >= 0.3 is 0 Å². The van der Waals surface area contributed by atoms with Gasteiger partial charge in [0.15, 0.2) is 0 Å². The molecule has 1 aliphatic rings. The predicted molar refractivity (Wildman–Crippen MR) is 75.8 cm³/mol. The molecule has 1 aromatic heterocycles. The second-order valence-electron chi connectivity index (χ2n) is 6.16. The highest BCUT2D eigenvalue weighted by molar-refractivity contribution is 6.31. The van der Waals surface area contributed by atoms with Crippen LogP contribution in [-0.4, -0.2) is 9.55 Å². The third-order valence-electron chi connectivity index (χ3n) is 4.07. The van der Waals surface area contributed by atoms with Gasteiger partial charge in [-0.25, -0.2) is 9.37 Å². The Morgan fingerprint density at radius 3 is 2.84 bits per heavy atom. The number of imidazole rings is 1. The molecule has 5 heteroatoms. The van der Waals surface area contributed by atoms with E-state index in [1.54, 1.807) is 6.07 Å². The first-order valence-corrected chi connectivity index (χ1v) is 6.88. The first-order chi connectivity index (χ1) is 8.87. The molecular formula is C14H17ClFN3. The van der Waals surface area contributed by atoms with Crippen LogP contribution in [0.5, 0.6) is 0 Å². The Kier molecular flexibility index (Phi) is 2.75. The van der Waals surface area contributed by atoms with Crippen LogP contribution in [0.15, 0.2) is 12.1 Å². The summed E-state index contributed by atoms with van der Waals surface area (Å²) < 4.78 is 15.6. The van der Waals surface area contributed by atoms with Gasteiger partial charge in [-0.1, -0.05) is 25.4 Å². The lowest BCUT2D eigenvalue weighted by Gasteiger charge is -2.19. The third kappa shape index (κ3) is 2.08. The fraction of sp³-hybridized carbons (Fsp3) is 0.500. The summed E-state index contributed by atoms with van der Waals surface area (Å²) in [5, 5.41) is 0.0869. The molecule has 102 valence electrons. The van der Waals surface area contributed by atoms with Crippen LogP contribution in [-0.2, 0) is 0 Å². The largest absolute Gasteiger partial charge is 0.369 e. The van der Waals surface area contributed by atoms with Crippen LogP contribution in [0, 0.1) is 11.2 Å². The fourth-order valence-electron chi connectivity index (χ4n) is 3.11. The molecule has 0 saturated heterocycles. The zero-order chi connectivity index (χ0) is 13.8. The van der Waals surface area contributed by atoms with Crippen molar-refractivity contribution in [1.82, 2.24) is 9.55 Å². The maximum atomic E-state index is 13.7. The van der Waals surface area contributed by atoms with E-state index in [4.69, 9.17) is 17.3 Å². The monoisotopic (exact) mass is 281 g/mol. The van der Waals surface area contributed by atoms with Gasteiger partial charge in [0, 0.05) is 12.1 Å². The van der Waals surface area contributed by atoms with Gasteiger partial charge in [-0.05, 0) is 30.7 Å². The lowest BCUT2D eigenvalue weighted by atomic mass is 9.92. The standard InChI is InChI=1S/C14H17ClFN3/c1-14(2)4-3-8(7-14)19-12-6-10(16)9(15)5-11(12)18-13(19)17/h5-6,8H,3-4,7H2,1-2H3,(H2,17,18). The number of hydrogen-bond acceptors (Lipinski definition) is 2. The molecule has 1 unspecified atom stereocenters. The first-order valence-electron chi connectivity index (χ1n) is 6.50. The van der Waals surface area contributed by atoms with E-state index in [0.717, 1.165) is 24.8 Å². The molecule has 0 bridgehead atoms. The van der Waals surface area contributed by atoms with Crippen molar-refractivity contribution in [1.29, 1.82) is 0 Å². The third-order valence-corrected chi connectivity index (χ3v) is 4.36. The van der Waals surface area contributed by atoms with Crippen molar-refractivity contribution in [2.75, 3.05) is 5.73 Å². The number of nitrogens with zero attached hydrogens (tertiary/aromatic N) is 2. The lowest BCUT2D eigenvalue weighted by Crippen LogP contribution is -2.11. The summed E-state index contributed by atoms with van der Waals surface area (Å²) in [5.74, 6) is 0.0203. The summed E-state index contributed by atoms with van der Waals surface area (Å²) in [6.45, 7) is 4.50. The van der Waals surface area contributed by atoms with Crippen LogP contribution in [0.25, 0.3) is 11.0 Å². The Bertz CT molecular complexity index is 648. The van der Waals surface area contributed by atoms with Crippen molar-refractivity contribution in [3.63, 3.8) is 0 Å². The molecule has 1 heterocycles. The molecule has 1 aliphatic carbocycles. The van der Waals surface area contributed by atoms with Crippen LogP contribution in [0.3, 0.4) is 0 Å². The number of benzene rings is 1. The van der Waals surface area contributed by atoms with Crippen molar-refractivity contribution in [3.8, 4) is 0 Å². The van der Waals surface area contributed by atoms with E-state index in [1.165, 1.54) is 6.07 Å². The zero-order valence-electron chi connectivity index (χ0n) is 11.1. The maximum absolute atomic E-state index is 13.7. The molecule has 3 nitrogen and oxygen atoms in total. The van der Waals surface area contributed by atoms with Crippen molar-refractivity contribution < 1.29 is 4.39 Å². The van der Waals surface area contributed by atoms with E-state index in [0.29, 0.717) is 22.9 Å². The highest BCUT2D eigenvalue weighted by Crippen LogP contribution is 2.45. The van der Waals surface area contributed by atoms with E-state index in [2.05, 4.69) is 18.8 Å². The molecule has 0 radical (unpaired) electrons. The van der Waals surface area contributed by atoms with E-state index >= 15 is 0 Å². The summed E-state index contributed by atoms with van der Waals surface area (Å²) in [6.07, 6.45) is 3.23. The summed E-state index contributed by atoms with van der Waals surface area (Å²) in [5.41, 5.74) is 7.71. The molecule has 0 aliphatic heterocycles. The summed E-state index contributed by atoms with van der Waals surface area (Å²) in [4.78, 5) is 4.30. The first kappa shape index (κ1) is 12.7. The second-order valence-corrected chi connectivity index (χ2v) is 6.56. The Morgan fingerprint density at radius 2 is 2.21 bits per heavy atom. The van der Waals surface area contributed by atoms with Gasteiger partial charge in [0.25, 0.3) is 0 Å². The predicted octanol–water partition coefficient (Wildman–Crippen LogP) is 4.16. The van der Waals surface area contributed by atoms with Gasteiger partial charge in [0.05, 0.1) is 16.1 Å². The average Bonchev–Trinajstić information content (AvgIpc) is 2.79. The molecule has 0 spiro atoms. The maximum Gasteiger partial charge on any atom is 0.201 e. The zero-order valence-corrected chi connectivity index (χ0v) is 11.8. The normalized spacial score (nSPS) is 22.2. The Morgan fingerprint density at radius 1 is 1.47 bits per heavy atom. The molecule has 3 rings (SSSR count). The molecular weight excluding hydrogens is 265 g/mol. The number of rotatable bonds is 1. The van der Waals surface area contributed by atoms with Gasteiger partial charge in [0.2, 0.25) is 5.95 Å². The number of nitrogens with two attached hydrogens (primary N) is 1. The minimum Gasteiger partial charge on any atom is -0.369 e. The van der Waals surface area contributed by atoms with E-state index < -0.39 is 5.82 Å². The van der Waals surface area contributed by atoms with E-state index in [9.17, 15) is 4.39 Å². The number of anilines is 1. The van der Waals surface area contributed by atoms with Crippen LogP contribution in [0.2, 0.25) is 5.02 Å². The smallest absolute Gasteiger partial charge is 0.201 e. The molecule has 1 aromatic carbocycles. The van der Waals surface area contributed by atoms with Crippen molar-refractivity contribution in [3.05, 3.63) is 23.0 Å². The lowest BCUT2D eigenvalue weighted by molar-refractivity contribution is 0.361. The van der Waals surface area contributed by atoms with E-state index in [-0.39, 0.29) is 5.02 Å². The Balaban J connectivity index is 2.13. The van der Waals surface area contributed by atoms with Gasteiger partial charge in [-0.3, -0.25) is 0 Å². The van der Waals surface area contributed by atoms with Crippen molar-refractivity contribution in [2.24, 2.45) is 5.41 Å². The minimum absolute atomic E-state index is 0.0869. The van der Waals surface area contributed by atoms with Crippen LogP contribution in [0.1, 0.15) is 39.2 Å².